The van der Waals surface area contributed by atoms with Crippen LogP contribution in [0.1, 0.15) is 31.9 Å². The second kappa shape index (κ2) is 6.92. The number of ether oxygens (including phenoxy) is 1. The predicted octanol–water partition coefficient (Wildman–Crippen LogP) is 3.33. The van der Waals surface area contributed by atoms with Crippen LogP contribution in [0.5, 0.6) is 11.5 Å². The van der Waals surface area contributed by atoms with Crippen LogP contribution < -0.4 is 10.5 Å². The van der Waals surface area contributed by atoms with E-state index in [9.17, 15) is 10.2 Å². The maximum Gasteiger partial charge on any atom is 0.173 e. The molecule has 1 aromatic rings. The lowest BCUT2D eigenvalue weighted by Crippen LogP contribution is -2.31. The van der Waals surface area contributed by atoms with Gasteiger partial charge >= 0.3 is 0 Å². The van der Waals surface area contributed by atoms with Gasteiger partial charge in [-0.25, -0.2) is 0 Å². The predicted molar refractivity (Wildman–Crippen MR) is 82.4 cm³/mol. The van der Waals surface area contributed by atoms with Gasteiger partial charge in [0.2, 0.25) is 0 Å². The molecule has 19 heavy (non-hydrogen) atoms. The fourth-order valence-corrected chi connectivity index (χ4v) is 2.78. The maximum atomic E-state index is 10.2. The van der Waals surface area contributed by atoms with E-state index in [1.165, 1.54) is 7.11 Å². The third kappa shape index (κ3) is 3.42. The standard InChI is InChI=1S/C13H19Br2NO3/c1-4-6(2)12(17)11(16)7-5-8(19-3)13(18)10(15)9(7)14/h5-6,11-12,17-18H,4,16H2,1-3H3/t6?,11-,12+/m1/s1. The Hall–Kier alpha value is -0.300. The number of phenolic OH excluding ortho intramolecular Hbond substituents is 1. The van der Waals surface area contributed by atoms with Gasteiger partial charge in [-0.2, -0.15) is 0 Å². The lowest BCUT2D eigenvalue weighted by Gasteiger charge is -2.26. The highest BCUT2D eigenvalue weighted by atomic mass is 79.9. The summed E-state index contributed by atoms with van der Waals surface area (Å²) in [4.78, 5) is 0. The molecule has 0 aromatic heterocycles. The van der Waals surface area contributed by atoms with Gasteiger partial charge < -0.3 is 20.7 Å². The first-order valence-electron chi connectivity index (χ1n) is 6.03. The summed E-state index contributed by atoms with van der Waals surface area (Å²) >= 11 is 6.66. The van der Waals surface area contributed by atoms with Crippen molar-refractivity contribution in [3.05, 3.63) is 20.6 Å². The molecule has 3 atom stereocenters. The molecular formula is C13H19Br2NO3. The van der Waals surface area contributed by atoms with Crippen LogP contribution in [-0.4, -0.2) is 23.4 Å². The highest BCUT2D eigenvalue weighted by Crippen LogP contribution is 2.44. The van der Waals surface area contributed by atoms with Crippen molar-refractivity contribution in [2.45, 2.75) is 32.4 Å². The van der Waals surface area contributed by atoms with Crippen LogP contribution in [0, 0.1) is 5.92 Å². The van der Waals surface area contributed by atoms with E-state index >= 15 is 0 Å². The third-order valence-electron chi connectivity index (χ3n) is 3.35. The van der Waals surface area contributed by atoms with Crippen molar-refractivity contribution in [2.75, 3.05) is 7.11 Å². The zero-order valence-corrected chi connectivity index (χ0v) is 14.3. The summed E-state index contributed by atoms with van der Waals surface area (Å²) in [7, 11) is 1.47. The Morgan fingerprint density at radius 3 is 2.42 bits per heavy atom. The first-order valence-corrected chi connectivity index (χ1v) is 7.62. The van der Waals surface area contributed by atoms with Gasteiger partial charge in [-0.05, 0) is 49.4 Å². The highest BCUT2D eigenvalue weighted by Gasteiger charge is 2.26. The molecule has 0 aliphatic carbocycles. The minimum Gasteiger partial charge on any atom is -0.503 e. The normalized spacial score (nSPS) is 15.9. The quantitative estimate of drug-likeness (QED) is 0.713. The Labute approximate surface area is 130 Å². The molecule has 0 bridgehead atoms. The van der Waals surface area contributed by atoms with Crippen molar-refractivity contribution >= 4 is 31.9 Å². The van der Waals surface area contributed by atoms with Gasteiger partial charge in [0.1, 0.15) is 0 Å². The van der Waals surface area contributed by atoms with Crippen molar-refractivity contribution in [2.24, 2.45) is 11.7 Å². The molecule has 0 heterocycles. The van der Waals surface area contributed by atoms with Crippen LogP contribution in [0.4, 0.5) is 0 Å². The van der Waals surface area contributed by atoms with E-state index < -0.39 is 12.1 Å². The van der Waals surface area contributed by atoms with Gasteiger partial charge in [0.25, 0.3) is 0 Å². The fourth-order valence-electron chi connectivity index (χ4n) is 1.79. The molecular weight excluding hydrogens is 378 g/mol. The van der Waals surface area contributed by atoms with Crippen LogP contribution in [-0.2, 0) is 0 Å². The summed E-state index contributed by atoms with van der Waals surface area (Å²) in [5.41, 5.74) is 6.81. The van der Waals surface area contributed by atoms with Gasteiger partial charge in [-0.3, -0.25) is 0 Å². The summed E-state index contributed by atoms with van der Waals surface area (Å²) in [6.45, 7) is 3.95. The molecule has 108 valence electrons. The number of halogens is 2. The summed E-state index contributed by atoms with van der Waals surface area (Å²) in [6.07, 6.45) is 0.172. The molecule has 0 radical (unpaired) electrons. The molecule has 6 heteroatoms. The molecule has 0 saturated carbocycles. The summed E-state index contributed by atoms with van der Waals surface area (Å²) in [5.74, 6) is 0.403. The lowest BCUT2D eigenvalue weighted by atomic mass is 9.91. The smallest absolute Gasteiger partial charge is 0.173 e. The number of benzene rings is 1. The van der Waals surface area contributed by atoms with E-state index in [0.29, 0.717) is 20.3 Å². The van der Waals surface area contributed by atoms with E-state index in [0.717, 1.165) is 6.42 Å². The van der Waals surface area contributed by atoms with Gasteiger partial charge in [-0.15, -0.1) is 0 Å². The van der Waals surface area contributed by atoms with Crippen molar-refractivity contribution in [3.8, 4) is 11.5 Å². The molecule has 0 saturated heterocycles. The molecule has 0 aliphatic rings. The Kier molecular flexibility index (Phi) is 6.11. The molecule has 4 nitrogen and oxygen atoms in total. The van der Waals surface area contributed by atoms with Gasteiger partial charge in [-0.1, -0.05) is 20.3 Å². The number of aromatic hydroxyl groups is 1. The van der Waals surface area contributed by atoms with E-state index in [-0.39, 0.29) is 11.7 Å². The minimum absolute atomic E-state index is 0.00311. The molecule has 0 amide bonds. The average molecular weight is 397 g/mol. The number of aliphatic hydroxyl groups is 1. The number of nitrogens with two attached hydrogens (primary N) is 1. The molecule has 0 aliphatic heterocycles. The topological polar surface area (TPSA) is 75.7 Å². The molecule has 1 aromatic carbocycles. The number of methoxy groups -OCH3 is 1. The Bertz CT molecular complexity index is 454. The second-order valence-corrected chi connectivity index (χ2v) is 6.13. The fraction of sp³-hybridized carbons (Fsp3) is 0.538. The zero-order valence-electron chi connectivity index (χ0n) is 11.2. The molecule has 0 fully saturated rings. The van der Waals surface area contributed by atoms with Crippen LogP contribution >= 0.6 is 31.9 Å². The summed E-state index contributed by atoms with van der Waals surface area (Å²) in [5, 5.41) is 20.1. The highest BCUT2D eigenvalue weighted by molar-refractivity contribution is 9.13. The number of aliphatic hydroxyl groups excluding tert-OH is 1. The van der Waals surface area contributed by atoms with Crippen LogP contribution in [0.25, 0.3) is 0 Å². The van der Waals surface area contributed by atoms with E-state index in [2.05, 4.69) is 31.9 Å². The van der Waals surface area contributed by atoms with Crippen LogP contribution in [0.15, 0.2) is 15.0 Å². The Morgan fingerprint density at radius 1 is 1.37 bits per heavy atom. The van der Waals surface area contributed by atoms with Gasteiger partial charge in [0, 0.05) is 4.47 Å². The SMILES string of the molecule is CCC(C)[C@H](O)[C@H](N)c1cc(OC)c(O)c(Br)c1Br. The molecule has 4 N–H and O–H groups in total. The Morgan fingerprint density at radius 2 is 1.95 bits per heavy atom. The number of rotatable bonds is 5. The minimum atomic E-state index is -0.664. The number of phenols is 1. The number of hydrogen-bond donors (Lipinski definition) is 3. The molecule has 1 unspecified atom stereocenters. The van der Waals surface area contributed by atoms with Crippen molar-refractivity contribution in [3.63, 3.8) is 0 Å². The van der Waals surface area contributed by atoms with Crippen molar-refractivity contribution in [1.82, 2.24) is 0 Å². The van der Waals surface area contributed by atoms with Crippen LogP contribution in [0.2, 0.25) is 0 Å². The van der Waals surface area contributed by atoms with E-state index in [4.69, 9.17) is 10.5 Å². The molecule has 1 rings (SSSR count). The van der Waals surface area contributed by atoms with Gasteiger partial charge in [0.05, 0.1) is 23.7 Å². The van der Waals surface area contributed by atoms with E-state index in [1.54, 1.807) is 6.07 Å². The summed E-state index contributed by atoms with van der Waals surface area (Å²) in [6, 6.07) is 1.08. The largest absolute Gasteiger partial charge is 0.503 e. The molecule has 0 spiro atoms. The van der Waals surface area contributed by atoms with Gasteiger partial charge in [0.15, 0.2) is 11.5 Å². The zero-order chi connectivity index (χ0) is 14.7. The number of hydrogen-bond acceptors (Lipinski definition) is 4. The Balaban J connectivity index is 3.23. The monoisotopic (exact) mass is 395 g/mol. The van der Waals surface area contributed by atoms with Crippen LogP contribution in [0.3, 0.4) is 0 Å². The summed E-state index contributed by atoms with van der Waals surface area (Å²) < 4.78 is 6.19. The van der Waals surface area contributed by atoms with Crippen molar-refractivity contribution in [1.29, 1.82) is 0 Å². The first-order chi connectivity index (χ1) is 8.84. The maximum absolute atomic E-state index is 10.2. The first kappa shape index (κ1) is 16.8. The third-order valence-corrected chi connectivity index (χ3v) is 5.51. The second-order valence-electron chi connectivity index (χ2n) is 4.55. The van der Waals surface area contributed by atoms with Crippen molar-refractivity contribution < 1.29 is 14.9 Å². The average Bonchev–Trinajstić information content (AvgIpc) is 2.42. The van der Waals surface area contributed by atoms with E-state index in [1.807, 2.05) is 13.8 Å². The lowest BCUT2D eigenvalue weighted by molar-refractivity contribution is 0.0876.